The van der Waals surface area contributed by atoms with Gasteiger partial charge in [-0.05, 0) is 35.0 Å². The van der Waals surface area contributed by atoms with Crippen LogP contribution in [0.5, 0.6) is 5.75 Å². The molecule has 0 aliphatic carbocycles. The van der Waals surface area contributed by atoms with Crippen molar-refractivity contribution in [2.75, 3.05) is 0 Å². The van der Waals surface area contributed by atoms with E-state index in [1.165, 1.54) is 13.0 Å². The van der Waals surface area contributed by atoms with Gasteiger partial charge in [-0.3, -0.25) is 4.79 Å². The first-order chi connectivity index (χ1) is 7.22. The van der Waals surface area contributed by atoms with E-state index in [-0.39, 0.29) is 20.8 Å². The maximum Gasteiger partial charge on any atom is 0.573 e. The van der Waals surface area contributed by atoms with Crippen LogP contribution in [-0.4, -0.2) is 12.1 Å². The van der Waals surface area contributed by atoms with Crippen molar-refractivity contribution in [3.63, 3.8) is 0 Å². The lowest BCUT2D eigenvalue weighted by Gasteiger charge is -2.12. The molecule has 0 radical (unpaired) electrons. The monoisotopic (exact) mass is 316 g/mol. The molecule has 1 aromatic carbocycles. The lowest BCUT2D eigenvalue weighted by molar-refractivity contribution is -0.274. The van der Waals surface area contributed by atoms with E-state index >= 15 is 0 Å². The smallest absolute Gasteiger partial charge is 0.404 e. The number of ether oxygens (including phenoxy) is 1. The molecule has 2 nitrogen and oxygen atoms in total. The molecule has 0 amide bonds. The molecule has 0 aliphatic rings. The predicted octanol–water partition coefficient (Wildman–Crippen LogP) is 4.20. The van der Waals surface area contributed by atoms with E-state index in [1.54, 1.807) is 0 Å². The number of ketones is 1. The Morgan fingerprint density at radius 2 is 2.00 bits per heavy atom. The van der Waals surface area contributed by atoms with Crippen molar-refractivity contribution in [1.29, 1.82) is 0 Å². The summed E-state index contributed by atoms with van der Waals surface area (Å²) in [6.07, 6.45) is -4.82. The lowest BCUT2D eigenvalue weighted by Crippen LogP contribution is -2.17. The lowest BCUT2D eigenvalue weighted by atomic mass is 10.1. The molecule has 88 valence electrons. The second-order valence-corrected chi connectivity index (χ2v) is 4.01. The van der Waals surface area contributed by atoms with Crippen LogP contribution in [0.15, 0.2) is 16.6 Å². The number of halogens is 5. The highest BCUT2D eigenvalue weighted by Crippen LogP contribution is 2.37. The number of hydrogen-bond donors (Lipinski definition) is 0. The summed E-state index contributed by atoms with van der Waals surface area (Å²) in [5.74, 6) is -0.863. The summed E-state index contributed by atoms with van der Waals surface area (Å²) in [5, 5.41) is -0.287. The van der Waals surface area contributed by atoms with Crippen molar-refractivity contribution >= 4 is 33.3 Å². The minimum Gasteiger partial charge on any atom is -0.404 e. The van der Waals surface area contributed by atoms with Gasteiger partial charge in [0, 0.05) is 5.56 Å². The van der Waals surface area contributed by atoms with E-state index < -0.39 is 12.1 Å². The van der Waals surface area contributed by atoms with Gasteiger partial charge in [-0.1, -0.05) is 11.6 Å². The highest BCUT2D eigenvalue weighted by molar-refractivity contribution is 9.10. The number of Topliss-reactive ketones (excluding diaryl/α,β-unsaturated/α-hetero) is 1. The van der Waals surface area contributed by atoms with Crippen LogP contribution in [0.1, 0.15) is 17.3 Å². The van der Waals surface area contributed by atoms with Crippen LogP contribution in [-0.2, 0) is 0 Å². The number of alkyl halides is 3. The molecular weight excluding hydrogens is 312 g/mol. The maximum atomic E-state index is 11.9. The number of carbonyl (C=O) groups is 1. The van der Waals surface area contributed by atoms with Gasteiger partial charge >= 0.3 is 6.36 Å². The molecular formula is C9H5BrClF3O2. The Labute approximate surface area is 102 Å². The fourth-order valence-electron chi connectivity index (χ4n) is 1.01. The molecule has 0 aromatic heterocycles. The molecule has 0 saturated carbocycles. The topological polar surface area (TPSA) is 26.3 Å². The minimum atomic E-state index is -4.82. The first-order valence-electron chi connectivity index (χ1n) is 3.97. The summed E-state index contributed by atoms with van der Waals surface area (Å²) in [4.78, 5) is 11.1. The zero-order chi connectivity index (χ0) is 12.5. The molecule has 1 rings (SSSR count). The zero-order valence-electron chi connectivity index (χ0n) is 7.86. The average molecular weight is 317 g/mol. The van der Waals surface area contributed by atoms with Gasteiger partial charge in [0.2, 0.25) is 0 Å². The van der Waals surface area contributed by atoms with E-state index in [0.29, 0.717) is 0 Å². The van der Waals surface area contributed by atoms with Gasteiger partial charge < -0.3 is 4.74 Å². The summed E-state index contributed by atoms with van der Waals surface area (Å²) in [6, 6.07) is 2.21. The number of carbonyl (C=O) groups excluding carboxylic acids is 1. The molecule has 16 heavy (non-hydrogen) atoms. The molecule has 0 heterocycles. The third-order valence-electron chi connectivity index (χ3n) is 1.65. The van der Waals surface area contributed by atoms with Crippen molar-refractivity contribution in [2.45, 2.75) is 13.3 Å². The molecule has 7 heteroatoms. The van der Waals surface area contributed by atoms with Gasteiger partial charge in [0.25, 0.3) is 0 Å². The van der Waals surface area contributed by atoms with E-state index in [9.17, 15) is 18.0 Å². The minimum absolute atomic E-state index is 0.0865. The standard InChI is InChI=1S/C9H5BrClF3O2/c1-4(15)5-2-3-6(8(11)7(5)10)16-9(12,13)14/h2-3H,1H3. The Balaban J connectivity index is 3.17. The highest BCUT2D eigenvalue weighted by atomic mass is 79.9. The quantitative estimate of drug-likeness (QED) is 0.764. The highest BCUT2D eigenvalue weighted by Gasteiger charge is 2.32. The Morgan fingerprint density at radius 1 is 1.44 bits per heavy atom. The number of benzene rings is 1. The summed E-state index contributed by atoms with van der Waals surface area (Å²) in [6.45, 7) is 1.28. The van der Waals surface area contributed by atoms with Gasteiger partial charge in [-0.15, -0.1) is 13.2 Å². The van der Waals surface area contributed by atoms with Gasteiger partial charge in [-0.25, -0.2) is 0 Å². The Hall–Kier alpha value is -0.750. The first kappa shape index (κ1) is 13.3. The van der Waals surface area contributed by atoms with Crippen molar-refractivity contribution in [2.24, 2.45) is 0 Å². The van der Waals surface area contributed by atoms with Crippen LogP contribution in [0.4, 0.5) is 13.2 Å². The fourth-order valence-corrected chi connectivity index (χ4v) is 1.82. The van der Waals surface area contributed by atoms with Crippen LogP contribution in [0, 0.1) is 0 Å². The summed E-state index contributed by atoms with van der Waals surface area (Å²) >= 11 is 8.56. The van der Waals surface area contributed by atoms with Crippen LogP contribution >= 0.6 is 27.5 Å². The Morgan fingerprint density at radius 3 is 2.44 bits per heavy atom. The van der Waals surface area contributed by atoms with E-state index in [4.69, 9.17) is 11.6 Å². The second-order valence-electron chi connectivity index (χ2n) is 2.84. The normalized spacial score (nSPS) is 11.4. The summed E-state index contributed by atoms with van der Waals surface area (Å²) < 4.78 is 39.6. The average Bonchev–Trinajstić information content (AvgIpc) is 2.10. The van der Waals surface area contributed by atoms with Gasteiger partial charge in [0.05, 0.1) is 9.50 Å². The molecule has 0 unspecified atom stereocenters. The molecule has 0 N–H and O–H groups in total. The summed E-state index contributed by atoms with van der Waals surface area (Å²) in [7, 11) is 0. The molecule has 0 spiro atoms. The first-order valence-corrected chi connectivity index (χ1v) is 5.14. The SMILES string of the molecule is CC(=O)c1ccc(OC(F)(F)F)c(Cl)c1Br. The molecule has 0 aliphatic heterocycles. The molecule has 0 atom stereocenters. The largest absolute Gasteiger partial charge is 0.573 e. The molecule has 0 fully saturated rings. The van der Waals surface area contributed by atoms with Gasteiger partial charge in [0.15, 0.2) is 5.78 Å². The third kappa shape index (κ3) is 3.12. The van der Waals surface area contributed by atoms with Crippen molar-refractivity contribution < 1.29 is 22.7 Å². The van der Waals surface area contributed by atoms with Crippen LogP contribution in [0.3, 0.4) is 0 Å². The van der Waals surface area contributed by atoms with Crippen molar-refractivity contribution in [1.82, 2.24) is 0 Å². The number of rotatable bonds is 2. The fraction of sp³-hybridized carbons (Fsp3) is 0.222. The van der Waals surface area contributed by atoms with Gasteiger partial charge in [0.1, 0.15) is 5.75 Å². The number of hydrogen-bond acceptors (Lipinski definition) is 2. The second kappa shape index (κ2) is 4.63. The zero-order valence-corrected chi connectivity index (χ0v) is 10.2. The third-order valence-corrected chi connectivity index (χ3v) is 3.08. The van der Waals surface area contributed by atoms with Crippen LogP contribution in [0.2, 0.25) is 5.02 Å². The Kier molecular flexibility index (Phi) is 3.85. The molecule has 0 saturated heterocycles. The van der Waals surface area contributed by atoms with Crippen LogP contribution < -0.4 is 4.74 Å². The van der Waals surface area contributed by atoms with E-state index in [0.717, 1.165) is 6.07 Å². The maximum absolute atomic E-state index is 11.9. The summed E-state index contributed by atoms with van der Waals surface area (Å²) in [5.41, 5.74) is 0.194. The molecule has 0 bridgehead atoms. The van der Waals surface area contributed by atoms with Crippen molar-refractivity contribution in [3.05, 3.63) is 27.2 Å². The van der Waals surface area contributed by atoms with E-state index in [2.05, 4.69) is 20.7 Å². The van der Waals surface area contributed by atoms with Crippen LogP contribution in [0.25, 0.3) is 0 Å². The van der Waals surface area contributed by atoms with Crippen molar-refractivity contribution in [3.8, 4) is 5.75 Å². The molecule has 1 aromatic rings. The van der Waals surface area contributed by atoms with Gasteiger partial charge in [-0.2, -0.15) is 0 Å². The Bertz CT molecular complexity index is 431. The van der Waals surface area contributed by atoms with E-state index in [1.807, 2.05) is 0 Å². The predicted molar refractivity (Wildman–Crippen MR) is 55.8 cm³/mol.